The summed E-state index contributed by atoms with van der Waals surface area (Å²) in [6, 6.07) is 23.7. The maximum Gasteiger partial charge on any atom is 0.307 e. The molecular formula is C28H31NO4. The van der Waals surface area contributed by atoms with Crippen molar-refractivity contribution in [1.82, 2.24) is 0 Å². The number of rotatable bonds is 8. The Hall–Kier alpha value is -3.60. The van der Waals surface area contributed by atoms with Crippen LogP contribution in [0.5, 0.6) is 5.75 Å². The number of benzene rings is 3. The zero-order valence-corrected chi connectivity index (χ0v) is 19.6. The van der Waals surface area contributed by atoms with Gasteiger partial charge in [0.1, 0.15) is 18.0 Å². The number of aryl methyl sites for hydroxylation is 1. The molecule has 0 fully saturated rings. The molecule has 5 nitrogen and oxygen atoms in total. The van der Waals surface area contributed by atoms with Gasteiger partial charge in [0.15, 0.2) is 0 Å². The van der Waals surface area contributed by atoms with Crippen molar-refractivity contribution in [2.24, 2.45) is 5.73 Å². The first-order valence-corrected chi connectivity index (χ1v) is 11.0. The first-order valence-electron chi connectivity index (χ1n) is 11.0. The van der Waals surface area contributed by atoms with E-state index in [9.17, 15) is 9.59 Å². The molecule has 3 aromatic carbocycles. The Kier molecular flexibility index (Phi) is 7.54. The number of amides is 1. The van der Waals surface area contributed by atoms with Gasteiger partial charge in [0.2, 0.25) is 5.91 Å². The molecule has 0 saturated heterocycles. The number of ether oxygens (including phenoxy) is 2. The first-order chi connectivity index (χ1) is 15.6. The van der Waals surface area contributed by atoms with Gasteiger partial charge in [-0.3, -0.25) is 9.59 Å². The molecule has 0 saturated carbocycles. The minimum Gasteiger partial charge on any atom is -0.489 e. The van der Waals surface area contributed by atoms with Crippen LogP contribution in [0.3, 0.4) is 0 Å². The van der Waals surface area contributed by atoms with Crippen LogP contribution < -0.4 is 10.5 Å². The van der Waals surface area contributed by atoms with E-state index in [4.69, 9.17) is 15.2 Å². The number of esters is 1. The van der Waals surface area contributed by atoms with Gasteiger partial charge in [-0.25, -0.2) is 0 Å². The van der Waals surface area contributed by atoms with Crippen LogP contribution in [0.2, 0.25) is 0 Å². The molecule has 3 rings (SSSR count). The molecule has 0 aromatic heterocycles. The topological polar surface area (TPSA) is 78.6 Å². The molecule has 0 radical (unpaired) electrons. The molecule has 0 bridgehead atoms. The van der Waals surface area contributed by atoms with Crippen LogP contribution in [0.15, 0.2) is 72.8 Å². The molecule has 3 aromatic rings. The van der Waals surface area contributed by atoms with E-state index in [-0.39, 0.29) is 6.42 Å². The fourth-order valence-electron chi connectivity index (χ4n) is 3.48. The summed E-state index contributed by atoms with van der Waals surface area (Å²) < 4.78 is 11.3. The normalized spacial score (nSPS) is 12.1. The van der Waals surface area contributed by atoms with Crippen molar-refractivity contribution < 1.29 is 19.1 Å². The lowest BCUT2D eigenvalue weighted by atomic mass is 9.95. The predicted octanol–water partition coefficient (Wildman–Crippen LogP) is 5.54. The van der Waals surface area contributed by atoms with Gasteiger partial charge in [0.05, 0.1) is 12.3 Å². The number of hydrogen-bond donors (Lipinski definition) is 1. The quantitative estimate of drug-likeness (QED) is 0.462. The molecule has 1 amide bonds. The van der Waals surface area contributed by atoms with Crippen LogP contribution in [-0.4, -0.2) is 17.5 Å². The highest BCUT2D eigenvalue weighted by molar-refractivity contribution is 5.87. The summed E-state index contributed by atoms with van der Waals surface area (Å²) in [5.41, 5.74) is 10.2. The lowest BCUT2D eigenvalue weighted by Gasteiger charge is -2.21. The van der Waals surface area contributed by atoms with Gasteiger partial charge in [0.25, 0.3) is 0 Å². The SMILES string of the molecule is Cc1ccc(-c2cccc(COc3ccc(C(CC(=O)OC(C)(C)C)C(N)=O)cc3)c2)cc1. The highest BCUT2D eigenvalue weighted by Gasteiger charge is 2.25. The molecule has 0 aliphatic carbocycles. The molecule has 1 unspecified atom stereocenters. The third kappa shape index (κ3) is 7.21. The summed E-state index contributed by atoms with van der Waals surface area (Å²) in [7, 11) is 0. The lowest BCUT2D eigenvalue weighted by Crippen LogP contribution is -2.29. The lowest BCUT2D eigenvalue weighted by molar-refractivity contribution is -0.156. The standard InChI is InChI=1S/C28H31NO4/c1-19-8-10-21(11-9-19)23-7-5-6-20(16-23)18-32-24-14-12-22(13-15-24)25(27(29)31)17-26(30)33-28(2,3)4/h5-16,25H,17-18H2,1-4H3,(H2,29,31). The number of nitrogens with two attached hydrogens (primary N) is 1. The monoisotopic (exact) mass is 445 g/mol. The second-order valence-electron chi connectivity index (χ2n) is 9.17. The van der Waals surface area contributed by atoms with Gasteiger partial charge in [0, 0.05) is 0 Å². The zero-order chi connectivity index (χ0) is 24.0. The van der Waals surface area contributed by atoms with E-state index in [0.29, 0.717) is 17.9 Å². The maximum atomic E-state index is 12.2. The zero-order valence-electron chi connectivity index (χ0n) is 19.6. The van der Waals surface area contributed by atoms with Crippen molar-refractivity contribution in [3.63, 3.8) is 0 Å². The molecule has 0 aliphatic rings. The van der Waals surface area contributed by atoms with Crippen LogP contribution in [-0.2, 0) is 20.9 Å². The van der Waals surface area contributed by atoms with Crippen LogP contribution in [0.4, 0.5) is 0 Å². The summed E-state index contributed by atoms with van der Waals surface area (Å²) >= 11 is 0. The van der Waals surface area contributed by atoms with Crippen molar-refractivity contribution >= 4 is 11.9 Å². The Morgan fingerprint density at radius 3 is 2.18 bits per heavy atom. The Balaban J connectivity index is 1.64. The molecule has 1 atom stereocenters. The average Bonchev–Trinajstić information content (AvgIpc) is 2.76. The van der Waals surface area contributed by atoms with Crippen LogP contribution in [0.1, 0.15) is 49.8 Å². The van der Waals surface area contributed by atoms with E-state index in [1.165, 1.54) is 5.56 Å². The minimum absolute atomic E-state index is 0.0986. The van der Waals surface area contributed by atoms with E-state index in [0.717, 1.165) is 16.7 Å². The van der Waals surface area contributed by atoms with Gasteiger partial charge in [-0.2, -0.15) is 0 Å². The van der Waals surface area contributed by atoms with Gasteiger partial charge < -0.3 is 15.2 Å². The molecular weight excluding hydrogens is 414 g/mol. The van der Waals surface area contributed by atoms with Crippen LogP contribution >= 0.6 is 0 Å². The first kappa shape index (κ1) is 24.1. The van der Waals surface area contributed by atoms with Gasteiger partial charge in [-0.05, 0) is 68.1 Å². The Morgan fingerprint density at radius 2 is 1.58 bits per heavy atom. The summed E-state index contributed by atoms with van der Waals surface area (Å²) in [5.74, 6) is -1.11. The van der Waals surface area contributed by atoms with Gasteiger partial charge >= 0.3 is 5.97 Å². The second kappa shape index (κ2) is 10.3. The average molecular weight is 446 g/mol. The third-order valence-electron chi connectivity index (χ3n) is 5.13. The highest BCUT2D eigenvalue weighted by atomic mass is 16.6. The fourth-order valence-corrected chi connectivity index (χ4v) is 3.48. The second-order valence-corrected chi connectivity index (χ2v) is 9.17. The largest absolute Gasteiger partial charge is 0.489 e. The van der Waals surface area contributed by atoms with Crippen molar-refractivity contribution in [3.05, 3.63) is 89.5 Å². The van der Waals surface area contributed by atoms with Crippen LogP contribution in [0, 0.1) is 6.92 Å². The molecule has 172 valence electrons. The highest BCUT2D eigenvalue weighted by Crippen LogP contribution is 2.25. The molecule has 2 N–H and O–H groups in total. The maximum absolute atomic E-state index is 12.2. The van der Waals surface area contributed by atoms with Crippen molar-refractivity contribution in [2.45, 2.75) is 52.2 Å². The van der Waals surface area contributed by atoms with E-state index >= 15 is 0 Å². The Morgan fingerprint density at radius 1 is 0.909 bits per heavy atom. The van der Waals surface area contributed by atoms with E-state index in [1.54, 1.807) is 45.0 Å². The fraction of sp³-hybridized carbons (Fsp3) is 0.286. The van der Waals surface area contributed by atoms with Crippen molar-refractivity contribution in [1.29, 1.82) is 0 Å². The van der Waals surface area contributed by atoms with Gasteiger partial charge in [-0.15, -0.1) is 0 Å². The number of hydrogen-bond acceptors (Lipinski definition) is 4. The predicted molar refractivity (Wildman–Crippen MR) is 130 cm³/mol. The summed E-state index contributed by atoms with van der Waals surface area (Å²) in [5, 5.41) is 0. The van der Waals surface area contributed by atoms with Crippen molar-refractivity contribution in [2.75, 3.05) is 0 Å². The smallest absolute Gasteiger partial charge is 0.307 e. The van der Waals surface area contributed by atoms with E-state index in [1.807, 2.05) is 12.1 Å². The number of primary amides is 1. The third-order valence-corrected chi connectivity index (χ3v) is 5.13. The van der Waals surface area contributed by atoms with E-state index < -0.39 is 23.4 Å². The molecule has 0 spiro atoms. The number of carbonyl (C=O) groups is 2. The number of carbonyl (C=O) groups excluding carboxylic acids is 2. The molecule has 0 aliphatic heterocycles. The van der Waals surface area contributed by atoms with Gasteiger partial charge in [-0.1, -0.05) is 60.2 Å². The molecule has 33 heavy (non-hydrogen) atoms. The van der Waals surface area contributed by atoms with Crippen molar-refractivity contribution in [3.8, 4) is 16.9 Å². The van der Waals surface area contributed by atoms with Crippen LogP contribution in [0.25, 0.3) is 11.1 Å². The van der Waals surface area contributed by atoms with E-state index in [2.05, 4.69) is 43.3 Å². The summed E-state index contributed by atoms with van der Waals surface area (Å²) in [6.07, 6.45) is -0.0986. The molecule has 5 heteroatoms. The minimum atomic E-state index is -0.750. The Bertz CT molecular complexity index is 1100. The summed E-state index contributed by atoms with van der Waals surface area (Å²) in [6.45, 7) is 7.84. The molecule has 0 heterocycles. The Labute approximate surface area is 195 Å². The summed E-state index contributed by atoms with van der Waals surface area (Å²) in [4.78, 5) is 24.1.